The number of hydrogen-bond acceptors (Lipinski definition) is 3. The Hall–Kier alpha value is -3.76. The molecule has 32 heavy (non-hydrogen) atoms. The van der Waals surface area contributed by atoms with Crippen molar-refractivity contribution < 1.29 is 9.47 Å². The van der Waals surface area contributed by atoms with Gasteiger partial charge >= 0.3 is 0 Å². The van der Waals surface area contributed by atoms with Crippen molar-refractivity contribution in [1.29, 1.82) is 0 Å². The first-order valence-corrected chi connectivity index (χ1v) is 10.6. The summed E-state index contributed by atoms with van der Waals surface area (Å²) >= 11 is 6.69. The predicted octanol–water partition coefficient (Wildman–Crippen LogP) is 7.23. The number of rotatable bonds is 5. The van der Waals surface area contributed by atoms with E-state index in [2.05, 4.69) is 17.1 Å². The van der Waals surface area contributed by atoms with Gasteiger partial charge in [0, 0.05) is 16.7 Å². The van der Waals surface area contributed by atoms with Crippen LogP contribution >= 0.6 is 11.6 Å². The molecule has 5 heteroatoms. The number of aromatic amines is 1. The van der Waals surface area contributed by atoms with Crippen molar-refractivity contribution in [2.45, 2.75) is 0 Å². The minimum Gasteiger partial charge on any atom is -0.497 e. The highest BCUT2D eigenvalue weighted by molar-refractivity contribution is 6.35. The highest BCUT2D eigenvalue weighted by Crippen LogP contribution is 2.39. The van der Waals surface area contributed by atoms with Crippen LogP contribution in [0.15, 0.2) is 84.9 Å². The first kappa shape index (κ1) is 20.2. The summed E-state index contributed by atoms with van der Waals surface area (Å²) in [7, 11) is 3.32. The summed E-state index contributed by atoms with van der Waals surface area (Å²) < 4.78 is 10.9. The quantitative estimate of drug-likeness (QED) is 0.313. The first-order chi connectivity index (χ1) is 15.7. The average Bonchev–Trinajstić information content (AvgIpc) is 3.29. The molecule has 4 nitrogen and oxygen atoms in total. The number of ether oxygens (including phenoxy) is 2. The maximum absolute atomic E-state index is 6.69. The molecule has 4 aromatic carbocycles. The molecular weight excluding hydrogens is 420 g/mol. The number of benzene rings is 4. The molecule has 0 aliphatic rings. The van der Waals surface area contributed by atoms with Gasteiger partial charge in [-0.2, -0.15) is 0 Å². The molecule has 1 aromatic heterocycles. The van der Waals surface area contributed by atoms with E-state index in [1.54, 1.807) is 14.2 Å². The fourth-order valence-electron chi connectivity index (χ4n) is 3.94. The summed E-state index contributed by atoms with van der Waals surface area (Å²) in [5.41, 5.74) is 4.49. The molecule has 1 N–H and O–H groups in total. The fourth-order valence-corrected chi connectivity index (χ4v) is 4.20. The summed E-state index contributed by atoms with van der Waals surface area (Å²) in [5.74, 6) is 2.26. The fraction of sp³-hybridized carbons (Fsp3) is 0.0741. The van der Waals surface area contributed by atoms with Crippen molar-refractivity contribution in [3.63, 3.8) is 0 Å². The van der Waals surface area contributed by atoms with Crippen molar-refractivity contribution in [3.8, 4) is 45.4 Å². The van der Waals surface area contributed by atoms with Crippen LogP contribution in [0.5, 0.6) is 11.5 Å². The molecule has 0 saturated heterocycles. The van der Waals surface area contributed by atoms with Crippen LogP contribution in [0.1, 0.15) is 0 Å². The Morgan fingerprint density at radius 2 is 1.44 bits per heavy atom. The summed E-state index contributed by atoms with van der Waals surface area (Å²) in [6.45, 7) is 0. The van der Waals surface area contributed by atoms with Gasteiger partial charge in [0.1, 0.15) is 17.3 Å². The summed E-state index contributed by atoms with van der Waals surface area (Å²) in [6, 6.07) is 27.9. The van der Waals surface area contributed by atoms with Crippen LogP contribution in [0, 0.1) is 0 Å². The third-order valence-electron chi connectivity index (χ3n) is 5.52. The average molecular weight is 441 g/mol. The van der Waals surface area contributed by atoms with Gasteiger partial charge in [-0.3, -0.25) is 0 Å². The normalized spacial score (nSPS) is 11.0. The third-order valence-corrected chi connectivity index (χ3v) is 5.84. The number of aromatic nitrogens is 2. The highest BCUT2D eigenvalue weighted by atomic mass is 35.5. The molecule has 158 valence electrons. The number of nitrogens with zero attached hydrogens (tertiary/aromatic N) is 1. The van der Waals surface area contributed by atoms with Crippen molar-refractivity contribution in [1.82, 2.24) is 9.97 Å². The lowest BCUT2D eigenvalue weighted by Crippen LogP contribution is -1.88. The number of halogens is 1. The van der Waals surface area contributed by atoms with Crippen LogP contribution in [0.3, 0.4) is 0 Å². The van der Waals surface area contributed by atoms with Gasteiger partial charge in [-0.1, -0.05) is 66.2 Å². The lowest BCUT2D eigenvalue weighted by atomic mass is 10.0. The molecule has 5 rings (SSSR count). The van der Waals surface area contributed by atoms with E-state index >= 15 is 0 Å². The standard InChI is InChI=1S/C27H21ClN2O2/c1-31-20-10-5-8-18(15-20)25-26(19-9-6-11-21(16-19)32-2)30-27(29-25)24-22-12-4-3-7-17(22)13-14-23(24)28/h3-16H,1-2H3,(H,29,30). The molecule has 1 heterocycles. The van der Waals surface area contributed by atoms with E-state index in [9.17, 15) is 0 Å². The molecule has 0 fully saturated rings. The highest BCUT2D eigenvalue weighted by Gasteiger charge is 2.19. The summed E-state index contributed by atoms with van der Waals surface area (Å²) in [4.78, 5) is 8.58. The lowest BCUT2D eigenvalue weighted by molar-refractivity contribution is 0.415. The Bertz CT molecular complexity index is 1360. The molecule has 0 aliphatic carbocycles. The van der Waals surface area contributed by atoms with E-state index in [-0.39, 0.29) is 0 Å². The lowest BCUT2D eigenvalue weighted by Gasteiger charge is -2.07. The van der Waals surface area contributed by atoms with Gasteiger partial charge in [0.2, 0.25) is 0 Å². The predicted molar refractivity (Wildman–Crippen MR) is 131 cm³/mol. The second kappa shape index (κ2) is 8.40. The molecule has 0 radical (unpaired) electrons. The van der Waals surface area contributed by atoms with Crippen LogP contribution in [-0.4, -0.2) is 24.2 Å². The Kier molecular flexibility index (Phi) is 5.29. The minimum atomic E-state index is 0.645. The summed E-state index contributed by atoms with van der Waals surface area (Å²) in [5, 5.41) is 2.80. The molecule has 0 amide bonds. The molecule has 0 bridgehead atoms. The topological polar surface area (TPSA) is 47.1 Å². The van der Waals surface area contributed by atoms with Gasteiger partial charge in [0.05, 0.1) is 30.6 Å². The van der Waals surface area contributed by atoms with E-state index in [0.29, 0.717) is 10.8 Å². The molecule has 5 aromatic rings. The largest absolute Gasteiger partial charge is 0.497 e. The molecule has 0 spiro atoms. The van der Waals surface area contributed by atoms with E-state index in [1.165, 1.54) is 0 Å². The van der Waals surface area contributed by atoms with Gasteiger partial charge < -0.3 is 14.5 Å². The van der Waals surface area contributed by atoms with Crippen molar-refractivity contribution in [3.05, 3.63) is 90.0 Å². The Morgan fingerprint density at radius 3 is 2.19 bits per heavy atom. The zero-order chi connectivity index (χ0) is 22.1. The van der Waals surface area contributed by atoms with Gasteiger partial charge in [0.25, 0.3) is 0 Å². The molecule has 0 saturated carbocycles. The molecule has 0 aliphatic heterocycles. The van der Waals surface area contributed by atoms with Crippen LogP contribution < -0.4 is 9.47 Å². The van der Waals surface area contributed by atoms with Gasteiger partial charge in [-0.15, -0.1) is 0 Å². The van der Waals surface area contributed by atoms with Crippen LogP contribution in [0.4, 0.5) is 0 Å². The minimum absolute atomic E-state index is 0.645. The second-order valence-corrected chi connectivity index (χ2v) is 7.82. The van der Waals surface area contributed by atoms with Crippen LogP contribution in [-0.2, 0) is 0 Å². The number of imidazole rings is 1. The van der Waals surface area contributed by atoms with Gasteiger partial charge in [-0.05, 0) is 41.1 Å². The third kappa shape index (κ3) is 3.59. The first-order valence-electron chi connectivity index (χ1n) is 10.2. The van der Waals surface area contributed by atoms with Crippen molar-refractivity contribution in [2.24, 2.45) is 0 Å². The zero-order valence-corrected chi connectivity index (χ0v) is 18.5. The van der Waals surface area contributed by atoms with Crippen LogP contribution in [0.2, 0.25) is 5.02 Å². The number of methoxy groups -OCH3 is 2. The Balaban J connectivity index is 1.78. The molecular formula is C27H21ClN2O2. The van der Waals surface area contributed by atoms with E-state index < -0.39 is 0 Å². The summed E-state index contributed by atoms with van der Waals surface area (Å²) in [6.07, 6.45) is 0. The van der Waals surface area contributed by atoms with Crippen molar-refractivity contribution in [2.75, 3.05) is 14.2 Å². The van der Waals surface area contributed by atoms with Gasteiger partial charge in [0.15, 0.2) is 0 Å². The van der Waals surface area contributed by atoms with Crippen molar-refractivity contribution >= 4 is 22.4 Å². The van der Waals surface area contributed by atoms with E-state index in [0.717, 1.165) is 50.3 Å². The number of H-pyrrole nitrogens is 1. The number of fused-ring (bicyclic) bond motifs is 1. The SMILES string of the molecule is COc1cccc(-c2nc(-c3c(Cl)ccc4ccccc34)[nH]c2-c2cccc(OC)c2)c1. The van der Waals surface area contributed by atoms with Crippen LogP contribution in [0.25, 0.3) is 44.7 Å². The zero-order valence-electron chi connectivity index (χ0n) is 17.7. The van der Waals surface area contributed by atoms with Gasteiger partial charge in [-0.25, -0.2) is 4.98 Å². The maximum atomic E-state index is 6.69. The molecule has 0 atom stereocenters. The number of nitrogens with one attached hydrogen (secondary N) is 1. The number of hydrogen-bond donors (Lipinski definition) is 1. The molecule has 0 unspecified atom stereocenters. The smallest absolute Gasteiger partial charge is 0.140 e. The Morgan fingerprint density at radius 1 is 0.750 bits per heavy atom. The monoisotopic (exact) mass is 440 g/mol. The van der Waals surface area contributed by atoms with E-state index in [1.807, 2.05) is 72.8 Å². The van der Waals surface area contributed by atoms with E-state index in [4.69, 9.17) is 26.1 Å². The maximum Gasteiger partial charge on any atom is 0.140 e. The second-order valence-electron chi connectivity index (χ2n) is 7.42. The Labute approximate surface area is 191 Å².